The van der Waals surface area contributed by atoms with Gasteiger partial charge in [0.2, 0.25) is 5.91 Å². The van der Waals surface area contributed by atoms with Gasteiger partial charge in [-0.2, -0.15) is 0 Å². The second-order valence-electron chi connectivity index (χ2n) is 7.42. The van der Waals surface area contributed by atoms with E-state index in [1.807, 2.05) is 39.6 Å². The number of hydrogen-bond acceptors (Lipinski definition) is 4. The molecule has 3 heterocycles. The van der Waals surface area contributed by atoms with E-state index in [9.17, 15) is 9.59 Å². The highest BCUT2D eigenvalue weighted by atomic mass is 35.5. The van der Waals surface area contributed by atoms with Gasteiger partial charge < -0.3 is 14.0 Å². The molecule has 0 saturated carbocycles. The molecule has 1 aromatic carbocycles. The van der Waals surface area contributed by atoms with Crippen molar-refractivity contribution in [2.24, 2.45) is 5.92 Å². The fourth-order valence-corrected chi connectivity index (χ4v) is 4.14. The first-order chi connectivity index (χ1) is 14.5. The van der Waals surface area contributed by atoms with Gasteiger partial charge in [-0.3, -0.25) is 9.59 Å². The van der Waals surface area contributed by atoms with Crippen molar-refractivity contribution in [3.05, 3.63) is 58.3 Å². The third kappa shape index (κ3) is 4.45. The lowest BCUT2D eigenvalue weighted by molar-refractivity contribution is -0.134. The molecule has 1 fully saturated rings. The minimum atomic E-state index is 0.0433. The number of fused-ring (bicyclic) bond motifs is 1. The molecule has 1 saturated heterocycles. The maximum atomic E-state index is 13.1. The summed E-state index contributed by atoms with van der Waals surface area (Å²) in [6, 6.07) is 11.1. The van der Waals surface area contributed by atoms with Gasteiger partial charge in [0.1, 0.15) is 5.65 Å². The predicted octanol–water partition coefficient (Wildman–Crippen LogP) is 4.26. The molecule has 0 N–H and O–H groups in total. The van der Waals surface area contributed by atoms with E-state index >= 15 is 0 Å². The van der Waals surface area contributed by atoms with Crippen LogP contribution in [0, 0.1) is 5.92 Å². The molecule has 2 aromatic heterocycles. The topological polar surface area (TPSA) is 63.9 Å². The standard InChI is InChI=1S/C22H21Cl2N3O3/c23-17-3-1-16(2-4-17)22-19(27-12-18(24)5-6-20(27)25-22)11-21(29)26-9-7-15(8-10-26)13-30-14-28/h1-6,12,14-15H,7-11,13H2. The van der Waals surface area contributed by atoms with Crippen molar-refractivity contribution in [2.75, 3.05) is 19.7 Å². The lowest BCUT2D eigenvalue weighted by Crippen LogP contribution is -2.40. The summed E-state index contributed by atoms with van der Waals surface area (Å²) in [5.41, 5.74) is 3.17. The Hall–Kier alpha value is -2.57. The normalized spacial score (nSPS) is 14.8. The molecule has 1 amide bonds. The zero-order valence-corrected chi connectivity index (χ0v) is 17.8. The van der Waals surface area contributed by atoms with Crippen LogP contribution in [0.3, 0.4) is 0 Å². The highest BCUT2D eigenvalue weighted by molar-refractivity contribution is 6.30. The fraction of sp³-hybridized carbons (Fsp3) is 0.318. The molecule has 0 unspecified atom stereocenters. The zero-order valence-electron chi connectivity index (χ0n) is 16.3. The SMILES string of the molecule is O=COCC1CCN(C(=O)Cc2c(-c3ccc(Cl)cc3)nc3ccc(Cl)cn23)CC1. The number of hydrogen-bond donors (Lipinski definition) is 0. The summed E-state index contributed by atoms with van der Waals surface area (Å²) in [6.45, 7) is 2.20. The van der Waals surface area contributed by atoms with Crippen LogP contribution in [-0.2, 0) is 20.7 Å². The molecule has 0 bridgehead atoms. The Kier molecular flexibility index (Phi) is 6.25. The Labute approximate surface area is 184 Å². The number of rotatable bonds is 6. The van der Waals surface area contributed by atoms with Crippen molar-refractivity contribution in [3.63, 3.8) is 0 Å². The number of pyridine rings is 1. The average molecular weight is 446 g/mol. The van der Waals surface area contributed by atoms with Crippen molar-refractivity contribution in [3.8, 4) is 11.3 Å². The van der Waals surface area contributed by atoms with Gasteiger partial charge >= 0.3 is 0 Å². The fourth-order valence-electron chi connectivity index (χ4n) is 3.85. The van der Waals surface area contributed by atoms with Crippen molar-refractivity contribution in [1.82, 2.24) is 14.3 Å². The summed E-state index contributed by atoms with van der Waals surface area (Å²) in [5, 5.41) is 1.22. The second-order valence-corrected chi connectivity index (χ2v) is 8.29. The van der Waals surface area contributed by atoms with Gasteiger partial charge in [-0.1, -0.05) is 35.3 Å². The molecular weight excluding hydrogens is 425 g/mol. The van der Waals surface area contributed by atoms with Crippen molar-refractivity contribution in [1.29, 1.82) is 0 Å². The number of carbonyl (C=O) groups is 2. The van der Waals surface area contributed by atoms with Gasteiger partial charge in [0, 0.05) is 29.9 Å². The third-order valence-electron chi connectivity index (χ3n) is 5.48. The number of aromatic nitrogens is 2. The number of benzene rings is 1. The molecule has 0 spiro atoms. The molecule has 0 atom stereocenters. The quantitative estimate of drug-likeness (QED) is 0.531. The van der Waals surface area contributed by atoms with Crippen LogP contribution in [0.1, 0.15) is 18.5 Å². The van der Waals surface area contributed by atoms with Crippen molar-refractivity contribution < 1.29 is 14.3 Å². The van der Waals surface area contributed by atoms with Crippen LogP contribution in [0.4, 0.5) is 0 Å². The summed E-state index contributed by atoms with van der Waals surface area (Å²) in [5.74, 6) is 0.347. The summed E-state index contributed by atoms with van der Waals surface area (Å²) in [4.78, 5) is 30.1. The van der Waals surface area contributed by atoms with Crippen LogP contribution < -0.4 is 0 Å². The van der Waals surface area contributed by atoms with E-state index in [2.05, 4.69) is 0 Å². The maximum absolute atomic E-state index is 13.1. The average Bonchev–Trinajstić information content (AvgIpc) is 3.10. The lowest BCUT2D eigenvalue weighted by atomic mass is 9.97. The largest absolute Gasteiger partial charge is 0.468 e. The summed E-state index contributed by atoms with van der Waals surface area (Å²) in [6.07, 6.45) is 3.65. The number of nitrogens with zero attached hydrogens (tertiary/aromatic N) is 3. The number of ether oxygens (including phenoxy) is 1. The van der Waals surface area contributed by atoms with Crippen LogP contribution in [0.15, 0.2) is 42.6 Å². The Balaban J connectivity index is 1.59. The van der Waals surface area contributed by atoms with Gasteiger partial charge in [0.15, 0.2) is 0 Å². The van der Waals surface area contributed by atoms with E-state index in [1.165, 1.54) is 0 Å². The smallest absolute Gasteiger partial charge is 0.293 e. The van der Waals surface area contributed by atoms with Gasteiger partial charge in [0.25, 0.3) is 6.47 Å². The minimum Gasteiger partial charge on any atom is -0.468 e. The molecule has 1 aliphatic rings. The molecule has 0 radical (unpaired) electrons. The molecule has 0 aliphatic carbocycles. The van der Waals surface area contributed by atoms with Gasteiger partial charge in [-0.15, -0.1) is 0 Å². The van der Waals surface area contributed by atoms with E-state index < -0.39 is 0 Å². The van der Waals surface area contributed by atoms with Gasteiger partial charge in [0.05, 0.1) is 29.4 Å². The van der Waals surface area contributed by atoms with Crippen molar-refractivity contribution in [2.45, 2.75) is 19.3 Å². The first-order valence-electron chi connectivity index (χ1n) is 9.80. The molecule has 30 heavy (non-hydrogen) atoms. The molecule has 8 heteroatoms. The van der Waals surface area contributed by atoms with Crippen LogP contribution in [0.25, 0.3) is 16.9 Å². The highest BCUT2D eigenvalue weighted by Crippen LogP contribution is 2.28. The third-order valence-corrected chi connectivity index (χ3v) is 5.96. The van der Waals surface area contributed by atoms with E-state index in [0.717, 1.165) is 35.4 Å². The van der Waals surface area contributed by atoms with Gasteiger partial charge in [-0.25, -0.2) is 4.98 Å². The molecular formula is C22H21Cl2N3O3. The predicted molar refractivity (Wildman–Crippen MR) is 116 cm³/mol. The Morgan fingerprint density at radius 2 is 1.80 bits per heavy atom. The van der Waals surface area contributed by atoms with E-state index in [-0.39, 0.29) is 12.3 Å². The molecule has 1 aliphatic heterocycles. The molecule has 3 aromatic rings. The van der Waals surface area contributed by atoms with Crippen LogP contribution in [-0.4, -0.2) is 46.4 Å². The lowest BCUT2D eigenvalue weighted by Gasteiger charge is -2.31. The van der Waals surface area contributed by atoms with Crippen molar-refractivity contribution >= 4 is 41.2 Å². The Morgan fingerprint density at radius 1 is 1.10 bits per heavy atom. The summed E-state index contributed by atoms with van der Waals surface area (Å²) < 4.78 is 6.75. The minimum absolute atomic E-state index is 0.0433. The summed E-state index contributed by atoms with van der Waals surface area (Å²) in [7, 11) is 0. The van der Waals surface area contributed by atoms with E-state index in [1.54, 1.807) is 12.3 Å². The van der Waals surface area contributed by atoms with E-state index in [0.29, 0.717) is 42.1 Å². The van der Waals surface area contributed by atoms with Crippen LogP contribution in [0.5, 0.6) is 0 Å². The number of carbonyl (C=O) groups excluding carboxylic acids is 2. The monoisotopic (exact) mass is 445 g/mol. The van der Waals surface area contributed by atoms with E-state index in [4.69, 9.17) is 32.9 Å². The Morgan fingerprint density at radius 3 is 2.50 bits per heavy atom. The Bertz CT molecular complexity index is 1060. The first-order valence-corrected chi connectivity index (χ1v) is 10.6. The number of halogens is 2. The molecule has 156 valence electrons. The number of likely N-dealkylation sites (tertiary alicyclic amines) is 1. The number of piperidine rings is 1. The van der Waals surface area contributed by atoms with Crippen LogP contribution >= 0.6 is 23.2 Å². The summed E-state index contributed by atoms with van der Waals surface area (Å²) >= 11 is 12.2. The first kappa shape index (κ1) is 20.7. The number of imidazole rings is 1. The molecule has 6 nitrogen and oxygen atoms in total. The molecule has 4 rings (SSSR count). The number of amides is 1. The second kappa shape index (κ2) is 9.06. The van der Waals surface area contributed by atoms with Crippen LogP contribution in [0.2, 0.25) is 10.0 Å². The maximum Gasteiger partial charge on any atom is 0.293 e. The zero-order chi connectivity index (χ0) is 21.1. The van der Waals surface area contributed by atoms with Gasteiger partial charge in [-0.05, 0) is 43.0 Å². The highest BCUT2D eigenvalue weighted by Gasteiger charge is 2.25.